The van der Waals surface area contributed by atoms with Crippen LogP contribution in [0.5, 0.6) is 5.75 Å². The van der Waals surface area contributed by atoms with E-state index in [0.717, 1.165) is 22.0 Å². The minimum absolute atomic E-state index is 0.0994. The van der Waals surface area contributed by atoms with E-state index in [-0.39, 0.29) is 23.5 Å². The Morgan fingerprint density at radius 3 is 2.71 bits per heavy atom. The summed E-state index contributed by atoms with van der Waals surface area (Å²) in [5.41, 5.74) is 2.12. The van der Waals surface area contributed by atoms with Crippen LogP contribution in [0.3, 0.4) is 0 Å². The molecule has 0 aliphatic rings. The van der Waals surface area contributed by atoms with Crippen molar-refractivity contribution in [1.29, 1.82) is 0 Å². The van der Waals surface area contributed by atoms with Crippen molar-refractivity contribution in [2.75, 3.05) is 6.61 Å². The summed E-state index contributed by atoms with van der Waals surface area (Å²) >= 11 is 2.44. The van der Waals surface area contributed by atoms with Crippen LogP contribution in [0.1, 0.15) is 22.9 Å². The summed E-state index contributed by atoms with van der Waals surface area (Å²) in [4.78, 5) is 16.8. The smallest absolute Gasteiger partial charge is 0.252 e. The molecular weight excluding hydrogens is 504 g/mol. The second kappa shape index (κ2) is 9.50. The summed E-state index contributed by atoms with van der Waals surface area (Å²) in [5, 5.41) is 2.66. The van der Waals surface area contributed by atoms with Crippen LogP contribution in [0.2, 0.25) is 0 Å². The maximum absolute atomic E-state index is 14.0. The quantitative estimate of drug-likeness (QED) is 0.314. The second-order valence-electron chi connectivity index (χ2n) is 8.00. The maximum Gasteiger partial charge on any atom is 0.252 e. The monoisotopic (exact) mass is 526 g/mol. The highest BCUT2D eigenvalue weighted by Gasteiger charge is 2.31. The van der Waals surface area contributed by atoms with E-state index in [0.29, 0.717) is 40.0 Å². The molecule has 2 aromatic carbocycles. The molecule has 0 spiro atoms. The lowest BCUT2D eigenvalue weighted by Gasteiger charge is -2.23. The van der Waals surface area contributed by atoms with Crippen LogP contribution in [-0.2, 0) is 23.1 Å². The van der Waals surface area contributed by atoms with Crippen molar-refractivity contribution < 1.29 is 13.2 Å². The standard InChI is InChI=1S/C24H22N4O4S3/c1-3-32-18-7-9-20-16(12-18)11-17(24(29)25-20)13-28(14-19-5-4-10-33-19)35(30,31)23-15(2)6-8-21-22(23)27-34-26-21/h4-12H,3,13-14H2,1-2H3,(H,25,29). The average molecular weight is 527 g/mol. The van der Waals surface area contributed by atoms with E-state index in [4.69, 9.17) is 4.74 Å². The lowest BCUT2D eigenvalue weighted by Crippen LogP contribution is -2.33. The van der Waals surface area contributed by atoms with Crippen molar-refractivity contribution in [3.05, 3.63) is 80.3 Å². The normalized spacial score (nSPS) is 12.1. The van der Waals surface area contributed by atoms with E-state index in [1.807, 2.05) is 30.5 Å². The fraction of sp³-hybridized carbons (Fsp3) is 0.208. The SMILES string of the molecule is CCOc1ccc2[nH]c(=O)c(CN(Cc3cccs3)S(=O)(=O)c3c(C)ccc4nsnc34)cc2c1. The molecule has 3 aromatic heterocycles. The number of sulfonamides is 1. The fourth-order valence-corrected chi connectivity index (χ4v) is 7.13. The van der Waals surface area contributed by atoms with Gasteiger partial charge in [-0.25, -0.2) is 8.42 Å². The minimum Gasteiger partial charge on any atom is -0.494 e. The van der Waals surface area contributed by atoms with Crippen molar-refractivity contribution in [3.63, 3.8) is 0 Å². The molecule has 5 aromatic rings. The molecule has 8 nitrogen and oxygen atoms in total. The molecule has 0 atom stereocenters. The van der Waals surface area contributed by atoms with Crippen molar-refractivity contribution in [2.24, 2.45) is 0 Å². The van der Waals surface area contributed by atoms with Gasteiger partial charge in [0.2, 0.25) is 10.0 Å². The molecular formula is C24H22N4O4S3. The summed E-state index contributed by atoms with van der Waals surface area (Å²) < 4.78 is 43.5. The van der Waals surface area contributed by atoms with Gasteiger partial charge in [-0.1, -0.05) is 12.1 Å². The number of thiophene rings is 1. The predicted molar refractivity (Wildman–Crippen MR) is 139 cm³/mol. The lowest BCUT2D eigenvalue weighted by atomic mass is 10.1. The molecule has 0 aliphatic carbocycles. The topological polar surface area (TPSA) is 105 Å². The number of hydrogen-bond acceptors (Lipinski definition) is 8. The molecule has 0 bridgehead atoms. The summed E-state index contributed by atoms with van der Waals surface area (Å²) in [6, 6.07) is 14.4. The molecule has 11 heteroatoms. The number of aromatic amines is 1. The molecule has 0 amide bonds. The largest absolute Gasteiger partial charge is 0.494 e. The molecule has 0 aliphatic heterocycles. The van der Waals surface area contributed by atoms with Crippen LogP contribution >= 0.6 is 23.1 Å². The Bertz CT molecular complexity index is 1670. The van der Waals surface area contributed by atoms with Gasteiger partial charge in [0.1, 0.15) is 21.7 Å². The highest BCUT2D eigenvalue weighted by Crippen LogP contribution is 2.30. The number of aryl methyl sites for hydroxylation is 1. The third kappa shape index (κ3) is 4.59. The van der Waals surface area contributed by atoms with Crippen LogP contribution in [0.25, 0.3) is 21.9 Å². The van der Waals surface area contributed by atoms with Gasteiger partial charge in [0, 0.05) is 34.4 Å². The number of hydrogen-bond donors (Lipinski definition) is 1. The number of rotatable bonds is 8. The number of H-pyrrole nitrogens is 1. The van der Waals surface area contributed by atoms with Gasteiger partial charge in [0.25, 0.3) is 5.56 Å². The number of nitrogens with zero attached hydrogens (tertiary/aromatic N) is 3. The van der Waals surface area contributed by atoms with Gasteiger partial charge in [-0.15, -0.1) is 11.3 Å². The van der Waals surface area contributed by atoms with Gasteiger partial charge < -0.3 is 9.72 Å². The number of aromatic nitrogens is 3. The fourth-order valence-electron chi connectivity index (χ4n) is 3.98. The number of nitrogens with one attached hydrogen (secondary N) is 1. The minimum atomic E-state index is -4.02. The summed E-state index contributed by atoms with van der Waals surface area (Å²) in [7, 11) is -4.02. The van der Waals surface area contributed by atoms with Gasteiger partial charge in [0.15, 0.2) is 0 Å². The zero-order chi connectivity index (χ0) is 24.6. The maximum atomic E-state index is 14.0. The van der Waals surface area contributed by atoms with Gasteiger partial charge in [0.05, 0.1) is 18.3 Å². The van der Waals surface area contributed by atoms with Crippen molar-refractivity contribution in [3.8, 4) is 5.75 Å². The van der Waals surface area contributed by atoms with Crippen LogP contribution < -0.4 is 10.3 Å². The Morgan fingerprint density at radius 2 is 1.94 bits per heavy atom. The first kappa shape index (κ1) is 23.6. The second-order valence-corrected chi connectivity index (χ2v) is 11.4. The molecule has 0 saturated heterocycles. The summed E-state index contributed by atoms with van der Waals surface area (Å²) in [6.07, 6.45) is 0. The zero-order valence-corrected chi connectivity index (χ0v) is 21.5. The summed E-state index contributed by atoms with van der Waals surface area (Å²) in [5.74, 6) is 0.680. The van der Waals surface area contributed by atoms with E-state index in [9.17, 15) is 13.2 Å². The Morgan fingerprint density at radius 1 is 1.09 bits per heavy atom. The van der Waals surface area contributed by atoms with Crippen LogP contribution in [0, 0.1) is 6.92 Å². The molecule has 1 N–H and O–H groups in total. The number of fused-ring (bicyclic) bond motifs is 2. The van der Waals surface area contributed by atoms with Crippen LogP contribution in [-0.4, -0.2) is 33.1 Å². The van der Waals surface area contributed by atoms with Gasteiger partial charge in [-0.2, -0.15) is 13.1 Å². The van der Waals surface area contributed by atoms with Gasteiger partial charge >= 0.3 is 0 Å². The highest BCUT2D eigenvalue weighted by atomic mass is 32.2. The van der Waals surface area contributed by atoms with E-state index < -0.39 is 10.0 Å². The molecule has 0 radical (unpaired) electrons. The highest BCUT2D eigenvalue weighted by molar-refractivity contribution is 7.89. The molecule has 35 heavy (non-hydrogen) atoms. The first-order valence-electron chi connectivity index (χ1n) is 10.9. The molecule has 0 saturated carbocycles. The van der Waals surface area contributed by atoms with Crippen LogP contribution in [0.4, 0.5) is 0 Å². The molecule has 0 fully saturated rings. The van der Waals surface area contributed by atoms with E-state index >= 15 is 0 Å². The summed E-state index contributed by atoms with van der Waals surface area (Å²) in [6.45, 7) is 4.19. The average Bonchev–Trinajstić information content (AvgIpc) is 3.51. The Labute approximate surface area is 210 Å². The van der Waals surface area contributed by atoms with Crippen LogP contribution in [0.15, 0.2) is 63.6 Å². The zero-order valence-electron chi connectivity index (χ0n) is 19.0. The third-order valence-corrected chi connectivity index (χ3v) is 9.01. The molecule has 5 rings (SSSR count). The Hall–Kier alpha value is -3.12. The van der Waals surface area contributed by atoms with E-state index in [2.05, 4.69) is 13.7 Å². The van der Waals surface area contributed by atoms with Gasteiger partial charge in [-0.3, -0.25) is 4.79 Å². The number of ether oxygens (including phenoxy) is 1. The van der Waals surface area contributed by atoms with Crippen molar-refractivity contribution >= 4 is 55.0 Å². The van der Waals surface area contributed by atoms with Crippen molar-refractivity contribution in [2.45, 2.75) is 31.8 Å². The first-order valence-corrected chi connectivity index (χ1v) is 13.9. The Kier molecular flexibility index (Phi) is 6.41. The predicted octanol–water partition coefficient (Wildman–Crippen LogP) is 4.69. The lowest BCUT2D eigenvalue weighted by molar-refractivity contribution is 0.340. The molecule has 0 unspecified atom stereocenters. The number of pyridine rings is 1. The molecule has 180 valence electrons. The first-order chi connectivity index (χ1) is 16.9. The Balaban J connectivity index is 1.62. The number of benzene rings is 2. The molecule has 3 heterocycles. The van der Waals surface area contributed by atoms with E-state index in [1.165, 1.54) is 15.6 Å². The van der Waals surface area contributed by atoms with Gasteiger partial charge in [-0.05, 0) is 61.2 Å². The van der Waals surface area contributed by atoms with Crippen molar-refractivity contribution in [1.82, 2.24) is 18.0 Å². The third-order valence-electron chi connectivity index (χ3n) is 5.64. The van der Waals surface area contributed by atoms with E-state index in [1.54, 1.807) is 37.3 Å².